The van der Waals surface area contributed by atoms with E-state index in [-0.39, 0.29) is 10.4 Å². The maximum Gasteiger partial charge on any atom is 0.118 e. The lowest BCUT2D eigenvalue weighted by Gasteiger charge is -2.35. The Labute approximate surface area is 155 Å². The lowest BCUT2D eigenvalue weighted by Crippen LogP contribution is -2.54. The second kappa shape index (κ2) is 7.85. The summed E-state index contributed by atoms with van der Waals surface area (Å²) < 4.78 is 21.3. The molecule has 2 aromatic rings. The second-order valence-electron chi connectivity index (χ2n) is 7.79. The Hall–Kier alpha value is -1.43. The summed E-state index contributed by atoms with van der Waals surface area (Å²) in [6, 6.07) is 18.7. The van der Waals surface area contributed by atoms with Crippen molar-refractivity contribution in [2.45, 2.75) is 44.3 Å². The van der Waals surface area contributed by atoms with Crippen LogP contribution in [-0.4, -0.2) is 24.1 Å². The first kappa shape index (κ1) is 19.9. The summed E-state index contributed by atoms with van der Waals surface area (Å²) in [5.41, 5.74) is 1.19. The first-order chi connectivity index (χ1) is 11.7. The van der Waals surface area contributed by atoms with Gasteiger partial charge in [0.1, 0.15) is 13.8 Å². The third-order valence-electron chi connectivity index (χ3n) is 4.47. The average Bonchev–Trinajstić information content (AvgIpc) is 2.59. The van der Waals surface area contributed by atoms with E-state index in [0.29, 0.717) is 0 Å². The molecule has 0 spiro atoms. The molecule has 2 atom stereocenters. The SMILES string of the molecule is COc1ccc([C@H](NS(=O)C(C)(C)C)[Si](C)(C)c2ccccc2)cc1. The van der Waals surface area contributed by atoms with Crippen LogP contribution in [0.15, 0.2) is 54.6 Å². The minimum atomic E-state index is -1.96. The van der Waals surface area contributed by atoms with E-state index in [9.17, 15) is 4.21 Å². The molecule has 136 valence electrons. The maximum atomic E-state index is 12.8. The zero-order valence-electron chi connectivity index (χ0n) is 16.0. The van der Waals surface area contributed by atoms with Crippen molar-refractivity contribution in [3.63, 3.8) is 0 Å². The summed E-state index contributed by atoms with van der Waals surface area (Å²) in [7, 11) is -1.44. The van der Waals surface area contributed by atoms with Crippen LogP contribution in [0.5, 0.6) is 5.75 Å². The van der Waals surface area contributed by atoms with Crippen molar-refractivity contribution in [1.29, 1.82) is 0 Å². The molecule has 0 aliphatic carbocycles. The molecule has 0 saturated carbocycles. The molecule has 0 aliphatic heterocycles. The van der Waals surface area contributed by atoms with Crippen LogP contribution in [0, 0.1) is 0 Å². The van der Waals surface area contributed by atoms with Crippen molar-refractivity contribution in [3.05, 3.63) is 60.2 Å². The van der Waals surface area contributed by atoms with Crippen molar-refractivity contribution in [2.75, 3.05) is 7.11 Å². The monoisotopic (exact) mass is 375 g/mol. The number of rotatable bonds is 6. The summed E-state index contributed by atoms with van der Waals surface area (Å²) in [5, 5.41) is 1.34. The first-order valence-electron chi connectivity index (χ1n) is 8.54. The fourth-order valence-electron chi connectivity index (χ4n) is 2.75. The Balaban J connectivity index is 2.45. The van der Waals surface area contributed by atoms with E-state index >= 15 is 0 Å². The molecule has 0 fully saturated rings. The van der Waals surface area contributed by atoms with Gasteiger partial charge in [-0.3, -0.25) is 0 Å². The summed E-state index contributed by atoms with van der Waals surface area (Å²) in [4.78, 5) is 0. The normalized spacial score (nSPS) is 14.8. The van der Waals surface area contributed by atoms with E-state index in [0.717, 1.165) is 11.3 Å². The largest absolute Gasteiger partial charge is 0.497 e. The lowest BCUT2D eigenvalue weighted by atomic mass is 10.2. The molecule has 5 heteroatoms. The third-order valence-corrected chi connectivity index (χ3v) is 9.98. The predicted molar refractivity (Wildman–Crippen MR) is 110 cm³/mol. The van der Waals surface area contributed by atoms with Crippen LogP contribution in [0.25, 0.3) is 0 Å². The van der Waals surface area contributed by atoms with Gasteiger partial charge in [0.25, 0.3) is 0 Å². The number of ether oxygens (including phenoxy) is 1. The van der Waals surface area contributed by atoms with Gasteiger partial charge in [0.2, 0.25) is 0 Å². The minimum absolute atomic E-state index is 0.0425. The summed E-state index contributed by atoms with van der Waals surface area (Å²) in [5.74, 6) is 0.832. The van der Waals surface area contributed by atoms with Crippen LogP contribution in [0.2, 0.25) is 13.1 Å². The van der Waals surface area contributed by atoms with Gasteiger partial charge < -0.3 is 4.74 Å². The molecular weight excluding hydrogens is 346 g/mol. The standard InChI is InChI=1S/C20H29NO2SSi/c1-20(2,3)24(22)21-19(16-12-14-17(23-4)15-13-16)25(5,6)18-10-8-7-9-11-18/h7-15,19,21H,1-6H3/t19-,24?/m1/s1. The topological polar surface area (TPSA) is 38.3 Å². The Morgan fingerprint density at radius 2 is 1.56 bits per heavy atom. The molecule has 0 bridgehead atoms. The van der Waals surface area contributed by atoms with Gasteiger partial charge in [-0.1, -0.05) is 60.7 Å². The van der Waals surface area contributed by atoms with Crippen LogP contribution in [-0.2, 0) is 11.0 Å². The fourth-order valence-corrected chi connectivity index (χ4v) is 7.36. The van der Waals surface area contributed by atoms with Crippen molar-refractivity contribution < 1.29 is 8.95 Å². The molecule has 3 nitrogen and oxygen atoms in total. The van der Waals surface area contributed by atoms with Gasteiger partial charge in [-0.15, -0.1) is 0 Å². The highest BCUT2D eigenvalue weighted by molar-refractivity contribution is 7.84. The highest BCUT2D eigenvalue weighted by Gasteiger charge is 2.37. The van der Waals surface area contributed by atoms with Gasteiger partial charge in [0.05, 0.1) is 22.8 Å². The van der Waals surface area contributed by atoms with Gasteiger partial charge >= 0.3 is 0 Å². The quantitative estimate of drug-likeness (QED) is 0.777. The van der Waals surface area contributed by atoms with Crippen LogP contribution in [0.4, 0.5) is 0 Å². The Morgan fingerprint density at radius 1 is 1.00 bits per heavy atom. The molecule has 2 aromatic carbocycles. The van der Waals surface area contributed by atoms with Gasteiger partial charge in [-0.25, -0.2) is 8.93 Å². The molecular formula is C20H29NO2SSi. The van der Waals surface area contributed by atoms with E-state index in [4.69, 9.17) is 4.74 Å². The van der Waals surface area contributed by atoms with E-state index < -0.39 is 19.1 Å². The van der Waals surface area contributed by atoms with Gasteiger partial charge in [0, 0.05) is 5.67 Å². The lowest BCUT2D eigenvalue weighted by molar-refractivity contribution is 0.414. The zero-order chi connectivity index (χ0) is 18.7. The molecule has 0 saturated heterocycles. The van der Waals surface area contributed by atoms with Crippen molar-refractivity contribution in [1.82, 2.24) is 4.72 Å². The zero-order valence-corrected chi connectivity index (χ0v) is 17.8. The summed E-state index contributed by atoms with van der Waals surface area (Å²) in [6.07, 6.45) is 0. The first-order valence-corrected chi connectivity index (χ1v) is 12.8. The highest BCUT2D eigenvalue weighted by atomic mass is 32.2. The van der Waals surface area contributed by atoms with E-state index in [1.54, 1.807) is 7.11 Å². The molecule has 0 heterocycles. The number of benzene rings is 2. The molecule has 1 unspecified atom stereocenters. The summed E-state index contributed by atoms with van der Waals surface area (Å²) in [6.45, 7) is 10.6. The molecule has 0 amide bonds. The third kappa shape index (κ3) is 4.81. The smallest absolute Gasteiger partial charge is 0.118 e. The van der Waals surface area contributed by atoms with Crippen molar-refractivity contribution >= 4 is 24.2 Å². The average molecular weight is 376 g/mol. The van der Waals surface area contributed by atoms with Crippen molar-refractivity contribution in [3.8, 4) is 5.75 Å². The number of hydrogen-bond donors (Lipinski definition) is 1. The van der Waals surface area contributed by atoms with E-state index in [1.807, 2.05) is 39.0 Å². The number of methoxy groups -OCH3 is 1. The number of hydrogen-bond acceptors (Lipinski definition) is 2. The highest BCUT2D eigenvalue weighted by Crippen LogP contribution is 2.28. The Kier molecular flexibility index (Phi) is 6.24. The Bertz CT molecular complexity index is 709. The van der Waals surface area contributed by atoms with Gasteiger partial charge in [-0.05, 0) is 38.5 Å². The van der Waals surface area contributed by atoms with Crippen LogP contribution in [0.3, 0.4) is 0 Å². The molecule has 0 aromatic heterocycles. The number of nitrogens with one attached hydrogen (secondary N) is 1. The fraction of sp³-hybridized carbons (Fsp3) is 0.400. The molecule has 2 rings (SSSR count). The van der Waals surface area contributed by atoms with E-state index in [1.165, 1.54) is 5.19 Å². The van der Waals surface area contributed by atoms with Crippen molar-refractivity contribution in [2.24, 2.45) is 0 Å². The molecule has 25 heavy (non-hydrogen) atoms. The van der Waals surface area contributed by atoms with Crippen LogP contribution < -0.4 is 14.6 Å². The van der Waals surface area contributed by atoms with Gasteiger partial charge in [-0.2, -0.15) is 0 Å². The van der Waals surface area contributed by atoms with Crippen LogP contribution in [0.1, 0.15) is 32.0 Å². The molecule has 1 N–H and O–H groups in total. The van der Waals surface area contributed by atoms with Gasteiger partial charge in [0.15, 0.2) is 0 Å². The molecule has 0 radical (unpaired) electrons. The molecule has 0 aliphatic rings. The predicted octanol–water partition coefficient (Wildman–Crippen LogP) is 3.94. The summed E-state index contributed by atoms with van der Waals surface area (Å²) >= 11 is 0. The Morgan fingerprint density at radius 3 is 2.04 bits per heavy atom. The van der Waals surface area contributed by atoms with Crippen LogP contribution >= 0.6 is 0 Å². The maximum absolute atomic E-state index is 12.8. The van der Waals surface area contributed by atoms with E-state index in [2.05, 4.69) is 54.2 Å². The minimum Gasteiger partial charge on any atom is -0.497 e. The second-order valence-corrected chi connectivity index (χ2v) is 14.4.